The molecule has 0 bridgehead atoms. The van der Waals surface area contributed by atoms with Crippen LogP contribution in [0, 0.1) is 6.92 Å². The molecular formula is C22H28N4O. The predicted octanol–water partition coefficient (Wildman–Crippen LogP) is 3.57. The van der Waals surface area contributed by atoms with E-state index in [1.54, 1.807) is 0 Å². The molecule has 3 rings (SSSR count). The van der Waals surface area contributed by atoms with Gasteiger partial charge in [0.2, 0.25) is 5.91 Å². The van der Waals surface area contributed by atoms with Gasteiger partial charge < -0.3 is 15.5 Å². The van der Waals surface area contributed by atoms with Crippen LogP contribution in [0.25, 0.3) is 0 Å². The van der Waals surface area contributed by atoms with Gasteiger partial charge in [0, 0.05) is 31.7 Å². The first kappa shape index (κ1) is 19.0. The summed E-state index contributed by atoms with van der Waals surface area (Å²) in [6.07, 6.45) is 2.60. The number of anilines is 1. The molecule has 0 aliphatic carbocycles. The number of nitrogens with one attached hydrogen (secondary N) is 2. The number of likely N-dealkylation sites (tertiary alicyclic amines) is 1. The molecular weight excluding hydrogens is 336 g/mol. The zero-order valence-electron chi connectivity index (χ0n) is 15.9. The number of carbonyl (C=O) groups excluding carboxylic acids is 1. The molecule has 1 amide bonds. The summed E-state index contributed by atoms with van der Waals surface area (Å²) < 4.78 is 0. The van der Waals surface area contributed by atoms with Crippen molar-refractivity contribution in [2.24, 2.45) is 4.99 Å². The molecule has 0 radical (unpaired) electrons. The van der Waals surface area contributed by atoms with Crippen molar-refractivity contribution in [3.8, 4) is 0 Å². The van der Waals surface area contributed by atoms with E-state index in [9.17, 15) is 4.79 Å². The third-order valence-corrected chi connectivity index (χ3v) is 4.65. The Bertz CT molecular complexity index is 756. The maximum absolute atomic E-state index is 11.7. The van der Waals surface area contributed by atoms with Crippen molar-refractivity contribution in [3.05, 3.63) is 65.7 Å². The SMILES string of the molecule is Cc1ccc(CN=C(NCCCN2CCCC2=O)Nc2ccccc2)cc1. The second-order valence-electron chi connectivity index (χ2n) is 6.91. The lowest BCUT2D eigenvalue weighted by Crippen LogP contribution is -2.34. The lowest BCUT2D eigenvalue weighted by molar-refractivity contribution is -0.127. The first-order valence-electron chi connectivity index (χ1n) is 9.64. The number of nitrogens with zero attached hydrogens (tertiary/aromatic N) is 2. The van der Waals surface area contributed by atoms with Crippen LogP contribution >= 0.6 is 0 Å². The van der Waals surface area contributed by atoms with Gasteiger partial charge in [0.1, 0.15) is 0 Å². The quantitative estimate of drug-likeness (QED) is 0.449. The normalized spacial score (nSPS) is 14.5. The molecule has 0 spiro atoms. The monoisotopic (exact) mass is 364 g/mol. The van der Waals surface area contributed by atoms with Crippen LogP contribution in [0.1, 0.15) is 30.4 Å². The van der Waals surface area contributed by atoms with Gasteiger partial charge >= 0.3 is 0 Å². The van der Waals surface area contributed by atoms with Gasteiger partial charge in [-0.1, -0.05) is 48.0 Å². The van der Waals surface area contributed by atoms with E-state index in [0.29, 0.717) is 13.0 Å². The molecule has 2 aromatic rings. The Balaban J connectivity index is 1.55. The third kappa shape index (κ3) is 6.13. The second kappa shape index (κ2) is 9.76. The van der Waals surface area contributed by atoms with E-state index in [1.165, 1.54) is 11.1 Å². The van der Waals surface area contributed by atoms with E-state index in [2.05, 4.69) is 41.8 Å². The average molecular weight is 364 g/mol. The summed E-state index contributed by atoms with van der Waals surface area (Å²) in [7, 11) is 0. The van der Waals surface area contributed by atoms with Crippen LogP contribution in [0.5, 0.6) is 0 Å². The van der Waals surface area contributed by atoms with Gasteiger partial charge in [-0.05, 0) is 37.5 Å². The van der Waals surface area contributed by atoms with Crippen molar-refractivity contribution in [1.82, 2.24) is 10.2 Å². The molecule has 142 valence electrons. The van der Waals surface area contributed by atoms with Gasteiger partial charge in [-0.15, -0.1) is 0 Å². The molecule has 5 nitrogen and oxygen atoms in total. The van der Waals surface area contributed by atoms with Crippen LogP contribution in [-0.2, 0) is 11.3 Å². The zero-order chi connectivity index (χ0) is 18.9. The highest BCUT2D eigenvalue weighted by Crippen LogP contribution is 2.10. The number of benzene rings is 2. The number of aryl methyl sites for hydroxylation is 1. The smallest absolute Gasteiger partial charge is 0.222 e. The van der Waals surface area contributed by atoms with Gasteiger partial charge in [0.05, 0.1) is 6.54 Å². The third-order valence-electron chi connectivity index (χ3n) is 4.65. The molecule has 1 aliphatic heterocycles. The van der Waals surface area contributed by atoms with Crippen LogP contribution < -0.4 is 10.6 Å². The zero-order valence-corrected chi connectivity index (χ0v) is 15.9. The number of hydrogen-bond donors (Lipinski definition) is 2. The Kier molecular flexibility index (Phi) is 6.85. The summed E-state index contributed by atoms with van der Waals surface area (Å²) in [5.41, 5.74) is 3.43. The van der Waals surface area contributed by atoms with Crippen molar-refractivity contribution in [1.29, 1.82) is 0 Å². The van der Waals surface area contributed by atoms with Crippen molar-refractivity contribution in [2.75, 3.05) is 25.0 Å². The summed E-state index contributed by atoms with van der Waals surface area (Å²) in [6.45, 7) is 5.18. The second-order valence-corrected chi connectivity index (χ2v) is 6.91. The van der Waals surface area contributed by atoms with E-state index < -0.39 is 0 Å². The average Bonchev–Trinajstić information content (AvgIpc) is 3.10. The van der Waals surface area contributed by atoms with Crippen molar-refractivity contribution < 1.29 is 4.79 Å². The van der Waals surface area contributed by atoms with Gasteiger partial charge in [-0.2, -0.15) is 0 Å². The molecule has 1 saturated heterocycles. The Morgan fingerprint density at radius 2 is 1.89 bits per heavy atom. The summed E-state index contributed by atoms with van der Waals surface area (Å²) in [5.74, 6) is 1.04. The fraction of sp³-hybridized carbons (Fsp3) is 0.364. The molecule has 1 aliphatic rings. The van der Waals surface area contributed by atoms with Gasteiger partial charge in [-0.25, -0.2) is 4.99 Å². The lowest BCUT2D eigenvalue weighted by atomic mass is 10.1. The number of para-hydroxylation sites is 1. The first-order valence-corrected chi connectivity index (χ1v) is 9.64. The highest BCUT2D eigenvalue weighted by molar-refractivity contribution is 5.93. The minimum atomic E-state index is 0.283. The molecule has 2 N–H and O–H groups in total. The van der Waals surface area contributed by atoms with Crippen LogP contribution in [0.4, 0.5) is 5.69 Å². The maximum atomic E-state index is 11.7. The summed E-state index contributed by atoms with van der Waals surface area (Å²) in [5, 5.41) is 6.75. The lowest BCUT2D eigenvalue weighted by Gasteiger charge is -2.17. The Labute approximate surface area is 161 Å². The molecule has 27 heavy (non-hydrogen) atoms. The van der Waals surface area contributed by atoms with E-state index in [1.807, 2.05) is 35.2 Å². The Hall–Kier alpha value is -2.82. The largest absolute Gasteiger partial charge is 0.356 e. The van der Waals surface area contributed by atoms with Gasteiger partial charge in [0.15, 0.2) is 5.96 Å². The topological polar surface area (TPSA) is 56.7 Å². The first-order chi connectivity index (χ1) is 13.2. The molecule has 0 atom stereocenters. The molecule has 1 heterocycles. The highest BCUT2D eigenvalue weighted by Gasteiger charge is 2.18. The fourth-order valence-electron chi connectivity index (χ4n) is 3.08. The molecule has 5 heteroatoms. The molecule has 2 aromatic carbocycles. The number of rotatable bonds is 7. The highest BCUT2D eigenvalue weighted by atomic mass is 16.2. The predicted molar refractivity (Wildman–Crippen MR) is 111 cm³/mol. The van der Waals surface area contributed by atoms with Gasteiger partial charge in [0.25, 0.3) is 0 Å². The maximum Gasteiger partial charge on any atom is 0.222 e. The summed E-state index contributed by atoms with van der Waals surface area (Å²) in [6, 6.07) is 18.5. The number of guanidine groups is 1. The minimum absolute atomic E-state index is 0.283. The van der Waals surface area contributed by atoms with E-state index in [-0.39, 0.29) is 5.91 Å². The van der Waals surface area contributed by atoms with Crippen molar-refractivity contribution >= 4 is 17.6 Å². The number of aliphatic imine (C=N–C) groups is 1. The Morgan fingerprint density at radius 3 is 2.59 bits per heavy atom. The van der Waals surface area contributed by atoms with Crippen LogP contribution in [0.15, 0.2) is 59.6 Å². The van der Waals surface area contributed by atoms with Crippen molar-refractivity contribution in [3.63, 3.8) is 0 Å². The number of hydrogen-bond acceptors (Lipinski definition) is 2. The molecule has 0 saturated carbocycles. The molecule has 1 fully saturated rings. The van der Waals surface area contributed by atoms with E-state index >= 15 is 0 Å². The number of carbonyl (C=O) groups is 1. The summed E-state index contributed by atoms with van der Waals surface area (Å²) in [4.78, 5) is 18.4. The van der Waals surface area contributed by atoms with Crippen LogP contribution in [-0.4, -0.2) is 36.4 Å². The van der Waals surface area contributed by atoms with Crippen LogP contribution in [0.2, 0.25) is 0 Å². The van der Waals surface area contributed by atoms with Gasteiger partial charge in [-0.3, -0.25) is 4.79 Å². The molecule has 0 aromatic heterocycles. The Morgan fingerprint density at radius 1 is 1.11 bits per heavy atom. The fourth-order valence-corrected chi connectivity index (χ4v) is 3.08. The van der Waals surface area contributed by atoms with E-state index in [0.717, 1.165) is 44.1 Å². The summed E-state index contributed by atoms with van der Waals surface area (Å²) >= 11 is 0. The molecule has 0 unspecified atom stereocenters. The van der Waals surface area contributed by atoms with Crippen LogP contribution in [0.3, 0.4) is 0 Å². The van der Waals surface area contributed by atoms with Crippen molar-refractivity contribution in [2.45, 2.75) is 32.7 Å². The van der Waals surface area contributed by atoms with E-state index in [4.69, 9.17) is 4.99 Å². The number of amides is 1. The minimum Gasteiger partial charge on any atom is -0.356 e. The standard InChI is InChI=1S/C22H28N4O/c1-18-10-12-19(13-11-18)17-24-22(25-20-7-3-2-4-8-20)23-14-6-16-26-15-5-9-21(26)27/h2-4,7-8,10-13H,5-6,9,14-17H2,1H3,(H2,23,24,25).